The number of piperidine rings is 1. The van der Waals surface area contributed by atoms with Crippen LogP contribution in [0, 0.1) is 0 Å². The van der Waals surface area contributed by atoms with Gasteiger partial charge in [0.05, 0.1) is 16.4 Å². The molecule has 0 aliphatic carbocycles. The number of hydrogen-bond donors (Lipinski definition) is 0. The minimum absolute atomic E-state index is 0.0119. The maximum Gasteiger partial charge on any atom is 0.437 e. The number of fused-ring (bicyclic) bond motifs is 3. The molecular formula is C47H75BrN8O9Si2. The fourth-order valence-corrected chi connectivity index (χ4v) is 10.3. The molecule has 2 aliphatic rings. The van der Waals surface area contributed by atoms with Crippen molar-refractivity contribution >= 4 is 73.5 Å². The molecule has 67 heavy (non-hydrogen) atoms. The summed E-state index contributed by atoms with van der Waals surface area (Å²) in [6, 6.07) is 5.22. The van der Waals surface area contributed by atoms with Gasteiger partial charge in [-0.25, -0.2) is 24.4 Å². The normalized spacial score (nSPS) is 17.9. The van der Waals surface area contributed by atoms with Gasteiger partial charge in [-0.3, -0.25) is 4.79 Å². The van der Waals surface area contributed by atoms with Crippen LogP contribution in [0.4, 0.5) is 26.0 Å². The van der Waals surface area contributed by atoms with Gasteiger partial charge in [0.2, 0.25) is 5.91 Å². The molecule has 5 heterocycles. The number of anilines is 2. The molecule has 372 valence electrons. The first-order valence-electron chi connectivity index (χ1n) is 23.3. The number of amides is 4. The number of aromatic nitrogens is 4. The van der Waals surface area contributed by atoms with Gasteiger partial charge in [-0.2, -0.15) is 14.6 Å². The SMILES string of the molecule is CC(=O)N(C(=O)OC(C)(C)C)N(C(=O)OC(C)(C)C)c1ccc(-c2cnn3c(N(COCC[Si](C)(C)C)COCC[Si](C)(C)C)c(Br)c([C@@H]4C[C@H]5CC[C@@H](C4)N5C(=O)OC(C)(C)C)nc23)cn1. The molecule has 3 atom stereocenters. The number of hydrogen-bond acceptors (Lipinski definition) is 13. The van der Waals surface area contributed by atoms with E-state index in [0.29, 0.717) is 53.7 Å². The quantitative estimate of drug-likeness (QED) is 0.0492. The van der Waals surface area contributed by atoms with Crippen molar-refractivity contribution in [2.24, 2.45) is 0 Å². The maximum absolute atomic E-state index is 13.8. The Hall–Kier alpha value is -4.12. The molecule has 20 heteroatoms. The first-order valence-corrected chi connectivity index (χ1v) is 31.6. The van der Waals surface area contributed by atoms with E-state index < -0.39 is 51.0 Å². The molecule has 2 fully saturated rings. The Balaban J connectivity index is 1.63. The fraction of sp³-hybridized carbons (Fsp3) is 0.681. The third-order valence-corrected chi connectivity index (χ3v) is 15.2. The van der Waals surface area contributed by atoms with E-state index in [4.69, 9.17) is 33.8 Å². The summed E-state index contributed by atoms with van der Waals surface area (Å²) in [5.41, 5.74) is 0.0509. The zero-order valence-corrected chi connectivity index (χ0v) is 46.3. The van der Waals surface area contributed by atoms with Gasteiger partial charge in [0.25, 0.3) is 0 Å². The first kappa shape index (κ1) is 53.8. The predicted octanol–water partition coefficient (Wildman–Crippen LogP) is 11.1. The predicted molar refractivity (Wildman–Crippen MR) is 269 cm³/mol. The lowest BCUT2D eigenvalue weighted by Gasteiger charge is -2.39. The molecule has 0 N–H and O–H groups in total. The van der Waals surface area contributed by atoms with E-state index in [1.807, 2.05) is 25.7 Å². The highest BCUT2D eigenvalue weighted by molar-refractivity contribution is 9.10. The van der Waals surface area contributed by atoms with E-state index in [9.17, 15) is 19.2 Å². The standard InChI is InChI=1S/C47H75BrN8O9Si2/c1-31(57)55(43(59)64-46(5,6)7)56(44(60)65-47(8,9)10)37-20-17-32(27-49-37)36-28-50-54-40(36)51-39(33-25-34-18-19-35(26-33)53(34)42(58)63-45(2,3)4)38(48)41(54)52(29-61-21-23-66(11,12)13)30-62-22-24-67(14,15)16/h17,20,27-28,33-35H,18-19,21-26,29-30H2,1-16H3/t33-,34-,35+. The molecule has 2 saturated heterocycles. The number of nitrogens with zero attached hydrogens (tertiary/aromatic N) is 8. The lowest BCUT2D eigenvalue weighted by atomic mass is 9.88. The van der Waals surface area contributed by atoms with Crippen LogP contribution in [-0.2, 0) is 28.5 Å². The van der Waals surface area contributed by atoms with E-state index in [1.54, 1.807) is 58.3 Å². The van der Waals surface area contributed by atoms with E-state index in [2.05, 4.69) is 65.1 Å². The van der Waals surface area contributed by atoms with Gasteiger partial charge in [-0.15, -0.1) is 5.01 Å². The summed E-state index contributed by atoms with van der Waals surface area (Å²) in [5, 5.41) is 6.30. The summed E-state index contributed by atoms with van der Waals surface area (Å²) in [6.07, 6.45) is 4.04. The van der Waals surface area contributed by atoms with E-state index in [1.165, 1.54) is 12.3 Å². The molecule has 2 bridgehead atoms. The van der Waals surface area contributed by atoms with Gasteiger partial charge in [0.15, 0.2) is 17.3 Å². The van der Waals surface area contributed by atoms with Crippen LogP contribution in [0.1, 0.15) is 107 Å². The second-order valence-corrected chi connectivity index (χ2v) is 35.1. The van der Waals surface area contributed by atoms with Crippen LogP contribution in [-0.4, -0.2) is 125 Å². The number of ether oxygens (including phenoxy) is 5. The van der Waals surface area contributed by atoms with E-state index in [-0.39, 0.29) is 43.4 Å². The maximum atomic E-state index is 13.8. The Morgan fingerprint density at radius 3 is 1.75 bits per heavy atom. The van der Waals surface area contributed by atoms with E-state index >= 15 is 0 Å². The summed E-state index contributed by atoms with van der Waals surface area (Å²) in [7, 11) is -2.78. The molecule has 2 aliphatic heterocycles. The Labute approximate surface area is 407 Å². The number of hydrazine groups is 1. The summed E-state index contributed by atoms with van der Waals surface area (Å²) >= 11 is 4.04. The number of carbonyl (C=O) groups is 4. The number of carbonyl (C=O) groups excluding carboxylic acids is 4. The molecule has 0 radical (unpaired) electrons. The minimum Gasteiger partial charge on any atom is -0.444 e. The molecule has 17 nitrogen and oxygen atoms in total. The van der Waals surface area contributed by atoms with Crippen LogP contribution in [0.25, 0.3) is 16.8 Å². The van der Waals surface area contributed by atoms with Crippen molar-refractivity contribution in [3.05, 3.63) is 34.7 Å². The molecule has 0 saturated carbocycles. The number of rotatable bonds is 14. The highest BCUT2D eigenvalue weighted by Gasteiger charge is 2.46. The summed E-state index contributed by atoms with van der Waals surface area (Å²) in [4.78, 5) is 68.0. The van der Waals surface area contributed by atoms with Crippen LogP contribution in [0.15, 0.2) is 29.0 Å². The zero-order valence-electron chi connectivity index (χ0n) is 42.7. The molecule has 0 spiro atoms. The van der Waals surface area contributed by atoms with E-state index in [0.717, 1.165) is 47.0 Å². The Morgan fingerprint density at radius 1 is 0.761 bits per heavy atom. The van der Waals surface area contributed by atoms with Crippen LogP contribution >= 0.6 is 15.9 Å². The van der Waals surface area contributed by atoms with Crippen molar-refractivity contribution in [3.8, 4) is 11.1 Å². The van der Waals surface area contributed by atoms with Gasteiger partial charge in [-0.1, -0.05) is 39.3 Å². The van der Waals surface area contributed by atoms with Crippen molar-refractivity contribution in [2.75, 3.05) is 36.6 Å². The third kappa shape index (κ3) is 14.7. The lowest BCUT2D eigenvalue weighted by Crippen LogP contribution is -2.55. The van der Waals surface area contributed by atoms with Gasteiger partial charge in [0, 0.05) is 71.6 Å². The monoisotopic (exact) mass is 1030 g/mol. The first-order chi connectivity index (χ1) is 30.8. The Bertz CT molecular complexity index is 2210. The van der Waals surface area contributed by atoms with Crippen molar-refractivity contribution < 1.29 is 42.9 Å². The van der Waals surface area contributed by atoms with Gasteiger partial charge < -0.3 is 33.5 Å². The molecule has 5 rings (SSSR count). The molecule has 3 aromatic heterocycles. The molecule has 4 amide bonds. The number of pyridine rings is 1. The molecule has 3 aromatic rings. The van der Waals surface area contributed by atoms with Crippen LogP contribution in [0.2, 0.25) is 51.4 Å². The molecular weight excluding hydrogens is 957 g/mol. The van der Waals surface area contributed by atoms with Crippen LogP contribution < -0.4 is 9.91 Å². The second-order valence-electron chi connectivity index (χ2n) is 23.1. The lowest BCUT2D eigenvalue weighted by molar-refractivity contribution is -0.128. The molecule has 0 aromatic carbocycles. The summed E-state index contributed by atoms with van der Waals surface area (Å²) in [5.74, 6) is -0.151. The Kier molecular flexibility index (Phi) is 16.8. The topological polar surface area (TPSA) is 170 Å². The average Bonchev–Trinajstić information content (AvgIpc) is 3.70. The third-order valence-electron chi connectivity index (χ3n) is 11.0. The van der Waals surface area contributed by atoms with Crippen molar-refractivity contribution in [3.63, 3.8) is 0 Å². The van der Waals surface area contributed by atoms with Crippen molar-refractivity contribution in [1.29, 1.82) is 0 Å². The second kappa shape index (κ2) is 20.9. The molecule has 0 unspecified atom stereocenters. The van der Waals surface area contributed by atoms with Gasteiger partial charge in [-0.05, 0) is 128 Å². The highest BCUT2D eigenvalue weighted by atomic mass is 79.9. The Morgan fingerprint density at radius 2 is 1.28 bits per heavy atom. The summed E-state index contributed by atoms with van der Waals surface area (Å²) in [6.45, 7) is 32.5. The van der Waals surface area contributed by atoms with Crippen LogP contribution in [0.5, 0.6) is 0 Å². The smallest absolute Gasteiger partial charge is 0.437 e. The summed E-state index contributed by atoms with van der Waals surface area (Å²) < 4.78 is 32.5. The van der Waals surface area contributed by atoms with Gasteiger partial charge >= 0.3 is 18.3 Å². The minimum atomic E-state index is -1.39. The fourth-order valence-electron chi connectivity index (χ4n) is 7.91. The highest BCUT2D eigenvalue weighted by Crippen LogP contribution is 2.47. The zero-order chi connectivity index (χ0) is 50.0. The van der Waals surface area contributed by atoms with Crippen molar-refractivity contribution in [1.82, 2.24) is 29.5 Å². The largest absolute Gasteiger partial charge is 0.444 e. The van der Waals surface area contributed by atoms with Gasteiger partial charge in [0.1, 0.15) is 30.3 Å². The average molecular weight is 1030 g/mol. The number of halogens is 1. The van der Waals surface area contributed by atoms with Crippen LogP contribution in [0.3, 0.4) is 0 Å². The van der Waals surface area contributed by atoms with Crippen molar-refractivity contribution in [2.45, 2.75) is 181 Å². The number of imide groups is 1.